The summed E-state index contributed by atoms with van der Waals surface area (Å²) < 4.78 is 42.2. The molecule has 4 aromatic rings. The van der Waals surface area contributed by atoms with Gasteiger partial charge in [-0.25, -0.2) is 4.68 Å². The Labute approximate surface area is 200 Å². The van der Waals surface area contributed by atoms with E-state index in [9.17, 15) is 13.6 Å². The van der Waals surface area contributed by atoms with Crippen LogP contribution in [0, 0.1) is 0 Å². The minimum absolute atomic E-state index is 0.0998. The summed E-state index contributed by atoms with van der Waals surface area (Å²) in [5.74, 6) is 0.183. The zero-order valence-corrected chi connectivity index (χ0v) is 18.9. The number of rotatable bonds is 10. The van der Waals surface area contributed by atoms with E-state index in [1.54, 1.807) is 19.2 Å². The molecule has 4 rings (SSSR count). The van der Waals surface area contributed by atoms with E-state index >= 15 is 0 Å². The standard InChI is InChI=1S/C26H23F2N3O4/c1-2-33-24-16-20(10-13-23(24)35-26(27)28)29-25(32)22-14-15-31(30-22)17-34-21-11-8-19(9-12-21)18-6-4-3-5-7-18/h3-16,26H,2,17H2,1H3,(H,29,32). The van der Waals surface area contributed by atoms with Crippen molar-refractivity contribution in [3.8, 4) is 28.4 Å². The Hall–Kier alpha value is -4.40. The number of carbonyl (C=O) groups is 1. The molecule has 0 radical (unpaired) electrons. The Bertz CT molecular complexity index is 1260. The lowest BCUT2D eigenvalue weighted by Crippen LogP contribution is -2.14. The van der Waals surface area contributed by atoms with E-state index < -0.39 is 12.5 Å². The molecule has 1 amide bonds. The number of anilines is 1. The van der Waals surface area contributed by atoms with Gasteiger partial charge >= 0.3 is 6.61 Å². The first-order valence-corrected chi connectivity index (χ1v) is 10.9. The smallest absolute Gasteiger partial charge is 0.387 e. The fourth-order valence-electron chi connectivity index (χ4n) is 3.31. The molecular weight excluding hydrogens is 456 g/mol. The van der Waals surface area contributed by atoms with E-state index in [4.69, 9.17) is 9.47 Å². The Morgan fingerprint density at radius 1 is 0.943 bits per heavy atom. The van der Waals surface area contributed by atoms with Gasteiger partial charge in [-0.2, -0.15) is 13.9 Å². The van der Waals surface area contributed by atoms with Crippen molar-refractivity contribution in [3.63, 3.8) is 0 Å². The van der Waals surface area contributed by atoms with E-state index in [2.05, 4.69) is 15.2 Å². The summed E-state index contributed by atoms with van der Waals surface area (Å²) >= 11 is 0. The summed E-state index contributed by atoms with van der Waals surface area (Å²) in [6.07, 6.45) is 1.62. The summed E-state index contributed by atoms with van der Waals surface area (Å²) in [6.45, 7) is -0.908. The highest BCUT2D eigenvalue weighted by Crippen LogP contribution is 2.32. The van der Waals surface area contributed by atoms with Gasteiger partial charge in [-0.3, -0.25) is 4.79 Å². The molecule has 0 aliphatic heterocycles. The molecule has 1 heterocycles. The van der Waals surface area contributed by atoms with E-state index in [0.29, 0.717) is 11.4 Å². The van der Waals surface area contributed by atoms with Crippen LogP contribution in [0.15, 0.2) is 85.1 Å². The number of benzene rings is 3. The predicted octanol–water partition coefficient (Wildman–Crippen LogP) is 5.84. The van der Waals surface area contributed by atoms with Crippen molar-refractivity contribution in [1.82, 2.24) is 9.78 Å². The summed E-state index contributed by atoms with van der Waals surface area (Å²) in [5, 5.41) is 6.89. The maximum absolute atomic E-state index is 12.6. The van der Waals surface area contributed by atoms with Crippen LogP contribution in [-0.2, 0) is 6.73 Å². The molecule has 1 N–H and O–H groups in total. The second kappa shape index (κ2) is 11.1. The Balaban J connectivity index is 1.35. The molecule has 0 fully saturated rings. The van der Waals surface area contributed by atoms with E-state index in [1.807, 2.05) is 54.6 Å². The van der Waals surface area contributed by atoms with E-state index in [1.165, 1.54) is 22.9 Å². The third-order valence-electron chi connectivity index (χ3n) is 4.92. The molecule has 35 heavy (non-hydrogen) atoms. The maximum atomic E-state index is 12.6. The highest BCUT2D eigenvalue weighted by atomic mass is 19.3. The highest BCUT2D eigenvalue weighted by molar-refractivity contribution is 6.02. The van der Waals surface area contributed by atoms with Crippen LogP contribution < -0.4 is 19.5 Å². The van der Waals surface area contributed by atoms with Gasteiger partial charge in [-0.1, -0.05) is 42.5 Å². The van der Waals surface area contributed by atoms with Crippen LogP contribution in [0.1, 0.15) is 17.4 Å². The molecule has 0 saturated carbocycles. The number of alkyl halides is 2. The van der Waals surface area contributed by atoms with Crippen molar-refractivity contribution < 1.29 is 27.8 Å². The summed E-state index contributed by atoms with van der Waals surface area (Å²) in [4.78, 5) is 12.6. The van der Waals surface area contributed by atoms with Crippen molar-refractivity contribution in [2.75, 3.05) is 11.9 Å². The van der Waals surface area contributed by atoms with Crippen molar-refractivity contribution >= 4 is 11.6 Å². The molecule has 0 atom stereocenters. The number of ether oxygens (including phenoxy) is 3. The lowest BCUT2D eigenvalue weighted by Gasteiger charge is -2.13. The zero-order chi connectivity index (χ0) is 24.6. The van der Waals surface area contributed by atoms with Crippen molar-refractivity contribution in [1.29, 1.82) is 0 Å². The average molecular weight is 479 g/mol. The van der Waals surface area contributed by atoms with Crippen LogP contribution >= 0.6 is 0 Å². The van der Waals surface area contributed by atoms with Crippen LogP contribution in [0.4, 0.5) is 14.5 Å². The van der Waals surface area contributed by atoms with Gasteiger partial charge in [0.25, 0.3) is 5.91 Å². The molecule has 3 aromatic carbocycles. The SMILES string of the molecule is CCOc1cc(NC(=O)c2ccn(COc3ccc(-c4ccccc4)cc3)n2)ccc1OC(F)F. The Morgan fingerprint density at radius 3 is 2.40 bits per heavy atom. The van der Waals surface area contributed by atoms with Crippen LogP contribution in [0.3, 0.4) is 0 Å². The van der Waals surface area contributed by atoms with E-state index in [-0.39, 0.29) is 30.5 Å². The number of nitrogens with one attached hydrogen (secondary N) is 1. The number of hydrogen-bond acceptors (Lipinski definition) is 5. The van der Waals surface area contributed by atoms with Gasteiger partial charge in [0.05, 0.1) is 6.61 Å². The van der Waals surface area contributed by atoms with Gasteiger partial charge in [0.15, 0.2) is 23.9 Å². The minimum atomic E-state index is -2.98. The van der Waals surface area contributed by atoms with Crippen molar-refractivity contribution in [2.24, 2.45) is 0 Å². The van der Waals surface area contributed by atoms with Gasteiger partial charge in [-0.15, -0.1) is 0 Å². The summed E-state index contributed by atoms with van der Waals surface area (Å²) in [6, 6.07) is 23.4. The molecule has 7 nitrogen and oxygen atoms in total. The molecule has 0 aliphatic rings. The van der Waals surface area contributed by atoms with Crippen LogP contribution in [0.25, 0.3) is 11.1 Å². The van der Waals surface area contributed by atoms with Crippen LogP contribution in [0.2, 0.25) is 0 Å². The van der Waals surface area contributed by atoms with Crippen LogP contribution in [-0.4, -0.2) is 28.9 Å². The number of hydrogen-bond donors (Lipinski definition) is 1. The van der Waals surface area contributed by atoms with Gasteiger partial charge in [0, 0.05) is 18.0 Å². The van der Waals surface area contributed by atoms with Gasteiger partial charge < -0.3 is 19.5 Å². The zero-order valence-electron chi connectivity index (χ0n) is 18.9. The first-order valence-electron chi connectivity index (χ1n) is 10.9. The first-order chi connectivity index (χ1) is 17.0. The number of amides is 1. The Kier molecular flexibility index (Phi) is 7.57. The summed E-state index contributed by atoms with van der Waals surface area (Å²) in [7, 11) is 0. The fraction of sp³-hybridized carbons (Fsp3) is 0.154. The minimum Gasteiger partial charge on any atom is -0.490 e. The van der Waals surface area contributed by atoms with E-state index in [0.717, 1.165) is 11.1 Å². The van der Waals surface area contributed by atoms with Crippen LogP contribution in [0.5, 0.6) is 17.2 Å². The van der Waals surface area contributed by atoms with Gasteiger partial charge in [0.2, 0.25) is 0 Å². The average Bonchev–Trinajstić information content (AvgIpc) is 3.34. The van der Waals surface area contributed by atoms with Gasteiger partial charge in [-0.05, 0) is 48.4 Å². The molecule has 180 valence electrons. The molecule has 0 bridgehead atoms. The monoisotopic (exact) mass is 479 g/mol. The second-order valence-electron chi connectivity index (χ2n) is 7.33. The molecule has 1 aromatic heterocycles. The fourth-order valence-corrected chi connectivity index (χ4v) is 3.31. The molecular formula is C26H23F2N3O4. The normalized spacial score (nSPS) is 10.7. The van der Waals surface area contributed by atoms with Crippen molar-refractivity contribution in [3.05, 3.63) is 90.8 Å². The largest absolute Gasteiger partial charge is 0.490 e. The molecule has 0 saturated heterocycles. The molecule has 0 unspecified atom stereocenters. The lowest BCUT2D eigenvalue weighted by atomic mass is 10.1. The number of carbonyl (C=O) groups excluding carboxylic acids is 1. The highest BCUT2D eigenvalue weighted by Gasteiger charge is 2.15. The predicted molar refractivity (Wildman–Crippen MR) is 127 cm³/mol. The Morgan fingerprint density at radius 2 is 1.69 bits per heavy atom. The number of nitrogens with zero attached hydrogens (tertiary/aromatic N) is 2. The van der Waals surface area contributed by atoms with Crippen molar-refractivity contribution in [2.45, 2.75) is 20.3 Å². The number of aromatic nitrogens is 2. The topological polar surface area (TPSA) is 74.6 Å². The summed E-state index contributed by atoms with van der Waals surface area (Å²) in [5.41, 5.74) is 2.71. The van der Waals surface area contributed by atoms with Gasteiger partial charge in [0.1, 0.15) is 5.75 Å². The number of halogens is 2. The first kappa shape index (κ1) is 23.7. The maximum Gasteiger partial charge on any atom is 0.387 e. The molecule has 0 spiro atoms. The lowest BCUT2D eigenvalue weighted by molar-refractivity contribution is -0.0514. The third kappa shape index (κ3) is 6.35. The quantitative estimate of drug-likeness (QED) is 0.309. The third-order valence-corrected chi connectivity index (χ3v) is 4.92. The molecule has 9 heteroatoms. The molecule has 0 aliphatic carbocycles. The second-order valence-corrected chi connectivity index (χ2v) is 7.33.